The van der Waals surface area contributed by atoms with E-state index in [1.165, 1.54) is 11.3 Å². The molecule has 1 saturated heterocycles. The summed E-state index contributed by atoms with van der Waals surface area (Å²) in [5, 5.41) is 13.0. The van der Waals surface area contributed by atoms with E-state index in [4.69, 9.17) is 4.74 Å². The van der Waals surface area contributed by atoms with Gasteiger partial charge in [0, 0.05) is 24.0 Å². The predicted molar refractivity (Wildman–Crippen MR) is 109 cm³/mol. The van der Waals surface area contributed by atoms with Crippen molar-refractivity contribution < 1.29 is 19.4 Å². The highest BCUT2D eigenvalue weighted by Gasteiger charge is 2.46. The molecule has 0 spiro atoms. The van der Waals surface area contributed by atoms with Crippen LogP contribution in [0.5, 0.6) is 5.75 Å². The molecule has 2 aliphatic heterocycles. The second kappa shape index (κ2) is 7.31. The second-order valence-electron chi connectivity index (χ2n) is 6.96. The molecule has 1 atom stereocenters. The van der Waals surface area contributed by atoms with Gasteiger partial charge < -0.3 is 19.6 Å². The van der Waals surface area contributed by atoms with Crippen LogP contribution < -0.4 is 9.64 Å². The van der Waals surface area contributed by atoms with Crippen molar-refractivity contribution in [2.45, 2.75) is 19.4 Å². The maximum absolute atomic E-state index is 12.8. The lowest BCUT2D eigenvalue weighted by Gasteiger charge is -2.28. The predicted octanol–water partition coefficient (Wildman–Crippen LogP) is 3.41. The average molecular weight is 398 g/mol. The summed E-state index contributed by atoms with van der Waals surface area (Å²) in [5.41, 5.74) is 1.51. The largest absolute Gasteiger partial charge is 0.507 e. The van der Waals surface area contributed by atoms with Crippen molar-refractivity contribution in [2.24, 2.45) is 0 Å². The van der Waals surface area contributed by atoms with Crippen LogP contribution in [0, 0.1) is 0 Å². The Kier molecular flexibility index (Phi) is 4.85. The molecule has 0 radical (unpaired) electrons. The monoisotopic (exact) mass is 398 g/mol. The molecule has 4 rings (SSSR count). The topological polar surface area (TPSA) is 70.1 Å². The van der Waals surface area contributed by atoms with Crippen molar-refractivity contribution in [3.63, 3.8) is 0 Å². The van der Waals surface area contributed by atoms with Gasteiger partial charge in [0.25, 0.3) is 11.7 Å². The number of rotatable bonds is 4. The first-order valence-corrected chi connectivity index (χ1v) is 10.2. The Morgan fingerprint density at radius 3 is 2.86 bits per heavy atom. The van der Waals surface area contributed by atoms with Crippen LogP contribution in [-0.4, -0.2) is 48.4 Å². The van der Waals surface area contributed by atoms with E-state index >= 15 is 0 Å². The highest BCUT2D eigenvalue weighted by Crippen LogP contribution is 2.42. The molecule has 28 heavy (non-hydrogen) atoms. The second-order valence-corrected chi connectivity index (χ2v) is 7.94. The first-order chi connectivity index (χ1) is 13.5. The number of thiophene rings is 1. The maximum atomic E-state index is 12.8. The summed E-state index contributed by atoms with van der Waals surface area (Å²) >= 11 is 1.47. The lowest BCUT2D eigenvalue weighted by molar-refractivity contribution is -0.139. The lowest BCUT2D eigenvalue weighted by Crippen LogP contribution is -2.30. The number of likely N-dealkylation sites (tertiary alicyclic amines) is 1. The molecular weight excluding hydrogens is 376 g/mol. The molecule has 0 aliphatic carbocycles. The Balaban J connectivity index is 1.84. The van der Waals surface area contributed by atoms with Crippen molar-refractivity contribution in [1.82, 2.24) is 4.90 Å². The molecule has 1 fully saturated rings. The van der Waals surface area contributed by atoms with Crippen LogP contribution in [0.1, 0.15) is 29.8 Å². The third kappa shape index (κ3) is 2.96. The summed E-state index contributed by atoms with van der Waals surface area (Å²) in [7, 11) is 1.96. The fourth-order valence-electron chi connectivity index (χ4n) is 3.75. The molecule has 0 bridgehead atoms. The van der Waals surface area contributed by atoms with E-state index in [9.17, 15) is 14.7 Å². The molecule has 2 aliphatic rings. The Hall–Kier alpha value is -2.80. The summed E-state index contributed by atoms with van der Waals surface area (Å²) in [4.78, 5) is 29.9. The van der Waals surface area contributed by atoms with Crippen LogP contribution >= 0.6 is 11.3 Å². The number of hydrogen-bond acceptors (Lipinski definition) is 6. The number of anilines is 1. The first kappa shape index (κ1) is 18.6. The zero-order valence-electron chi connectivity index (χ0n) is 15.8. The third-order valence-electron chi connectivity index (χ3n) is 5.15. The number of fused-ring (bicyclic) bond motifs is 1. The van der Waals surface area contributed by atoms with E-state index in [2.05, 4.69) is 0 Å². The number of aliphatic hydroxyl groups excluding tert-OH is 1. The van der Waals surface area contributed by atoms with Crippen LogP contribution in [0.25, 0.3) is 5.76 Å². The highest BCUT2D eigenvalue weighted by atomic mass is 32.1. The minimum atomic E-state index is -0.633. The molecule has 1 aromatic carbocycles. The van der Waals surface area contributed by atoms with Crippen molar-refractivity contribution in [1.29, 1.82) is 0 Å². The lowest BCUT2D eigenvalue weighted by atomic mass is 9.99. The van der Waals surface area contributed by atoms with E-state index in [1.807, 2.05) is 42.5 Å². The van der Waals surface area contributed by atoms with Crippen LogP contribution in [0.3, 0.4) is 0 Å². The smallest absolute Gasteiger partial charge is 0.295 e. The molecule has 2 aromatic rings. The molecule has 1 N–H and O–H groups in total. The van der Waals surface area contributed by atoms with E-state index in [0.717, 1.165) is 29.3 Å². The van der Waals surface area contributed by atoms with Crippen molar-refractivity contribution in [3.05, 3.63) is 51.7 Å². The standard InChI is InChI=1S/C21H22N2O4S/c1-3-8-23-18(16-5-4-11-28-16)17(20(25)21(23)26)19(24)13-6-7-15-14(12-13)22(2)9-10-27-15/h4-7,11-12,18,24H,3,8-10H2,1-2H3/b19-17-. The van der Waals surface area contributed by atoms with Gasteiger partial charge in [0.1, 0.15) is 18.1 Å². The van der Waals surface area contributed by atoms with Crippen LogP contribution in [0.4, 0.5) is 5.69 Å². The molecular formula is C21H22N2O4S. The number of hydrogen-bond donors (Lipinski definition) is 1. The fourth-order valence-corrected chi connectivity index (χ4v) is 4.59. The number of carbonyl (C=O) groups excluding carboxylic acids is 2. The van der Waals surface area contributed by atoms with E-state index in [-0.39, 0.29) is 11.3 Å². The van der Waals surface area contributed by atoms with Gasteiger partial charge in [-0.2, -0.15) is 0 Å². The van der Waals surface area contributed by atoms with Crippen molar-refractivity contribution >= 4 is 34.5 Å². The molecule has 0 saturated carbocycles. The molecule has 7 heteroatoms. The number of ketones is 1. The number of Topliss-reactive ketones (excluding diaryl/α,β-unsaturated/α-hetero) is 1. The maximum Gasteiger partial charge on any atom is 0.295 e. The average Bonchev–Trinajstić information content (AvgIpc) is 3.30. The number of nitrogens with zero attached hydrogens (tertiary/aromatic N) is 2. The summed E-state index contributed by atoms with van der Waals surface area (Å²) in [6.07, 6.45) is 0.732. The molecule has 1 aromatic heterocycles. The van der Waals surface area contributed by atoms with Gasteiger partial charge in [-0.1, -0.05) is 13.0 Å². The van der Waals surface area contributed by atoms with Gasteiger partial charge in [-0.3, -0.25) is 9.59 Å². The molecule has 1 amide bonds. The minimum Gasteiger partial charge on any atom is -0.507 e. The SMILES string of the molecule is CCCN1C(=O)C(=O)/C(=C(\O)c2ccc3c(c2)N(C)CCO3)C1c1cccs1. The van der Waals surface area contributed by atoms with E-state index < -0.39 is 17.7 Å². The molecule has 146 valence electrons. The van der Waals surface area contributed by atoms with Crippen LogP contribution in [0.2, 0.25) is 0 Å². The van der Waals surface area contributed by atoms with Gasteiger partial charge in [-0.25, -0.2) is 0 Å². The first-order valence-electron chi connectivity index (χ1n) is 9.33. The quantitative estimate of drug-likeness (QED) is 0.486. The minimum absolute atomic E-state index is 0.142. The fraction of sp³-hybridized carbons (Fsp3) is 0.333. The van der Waals surface area contributed by atoms with Gasteiger partial charge in [0.2, 0.25) is 0 Å². The Morgan fingerprint density at radius 2 is 2.14 bits per heavy atom. The van der Waals surface area contributed by atoms with Crippen LogP contribution in [-0.2, 0) is 9.59 Å². The van der Waals surface area contributed by atoms with Crippen LogP contribution in [0.15, 0.2) is 41.3 Å². The summed E-state index contributed by atoms with van der Waals surface area (Å²) in [5.74, 6) is -0.587. The normalized spacial score (nSPS) is 21.0. The highest BCUT2D eigenvalue weighted by molar-refractivity contribution is 7.10. The number of aliphatic hydroxyl groups is 1. The number of carbonyl (C=O) groups is 2. The van der Waals surface area contributed by atoms with Gasteiger partial charge in [-0.05, 0) is 36.1 Å². The Morgan fingerprint density at radius 1 is 1.32 bits per heavy atom. The van der Waals surface area contributed by atoms with E-state index in [1.54, 1.807) is 17.0 Å². The Labute approximate surface area is 167 Å². The summed E-state index contributed by atoms with van der Waals surface area (Å²) < 4.78 is 5.65. The number of benzene rings is 1. The van der Waals surface area contributed by atoms with Gasteiger partial charge >= 0.3 is 0 Å². The zero-order valence-corrected chi connectivity index (χ0v) is 16.7. The number of likely N-dealkylation sites (N-methyl/N-ethyl adjacent to an activating group) is 1. The van der Waals surface area contributed by atoms with Gasteiger partial charge in [-0.15, -0.1) is 11.3 Å². The third-order valence-corrected chi connectivity index (χ3v) is 6.07. The summed E-state index contributed by atoms with van der Waals surface area (Å²) in [6, 6.07) is 8.56. The number of ether oxygens (including phenoxy) is 1. The summed E-state index contributed by atoms with van der Waals surface area (Å²) in [6.45, 7) is 3.78. The van der Waals surface area contributed by atoms with E-state index in [0.29, 0.717) is 18.7 Å². The molecule has 3 heterocycles. The van der Waals surface area contributed by atoms with Crippen molar-refractivity contribution in [3.8, 4) is 5.75 Å². The molecule has 1 unspecified atom stereocenters. The van der Waals surface area contributed by atoms with Gasteiger partial charge in [0.15, 0.2) is 0 Å². The van der Waals surface area contributed by atoms with Gasteiger partial charge in [0.05, 0.1) is 23.8 Å². The van der Waals surface area contributed by atoms with Crippen molar-refractivity contribution in [2.75, 3.05) is 31.6 Å². The Bertz CT molecular complexity index is 951. The number of amides is 1. The molecule has 6 nitrogen and oxygen atoms in total. The zero-order chi connectivity index (χ0) is 19.8.